The molecule has 2 saturated heterocycles. The van der Waals surface area contributed by atoms with E-state index in [2.05, 4.69) is 9.80 Å². The Kier molecular flexibility index (Phi) is 10.3. The molecule has 7 heteroatoms. The van der Waals surface area contributed by atoms with Crippen LogP contribution in [0.1, 0.15) is 52.7 Å². The first kappa shape index (κ1) is 26.5. The smallest absolute Gasteiger partial charge is 0.193 e. The normalized spacial score (nSPS) is 16.3. The molecule has 5 nitrogen and oxygen atoms in total. The van der Waals surface area contributed by atoms with Crippen LogP contribution in [-0.4, -0.2) is 56.0 Å². The molecular weight excluding hydrogens is 447 g/mol. The van der Waals surface area contributed by atoms with Gasteiger partial charge in [0, 0.05) is 35.3 Å². The molecule has 0 saturated carbocycles. The highest BCUT2D eigenvalue weighted by molar-refractivity contribution is 6.09. The standard InChI is InChI=1S/C25H32N2O3.2ClH/c1-29-23-15-19(7-9-21(23)17-26-11-3-4-12-26)25(28)20-8-10-22(24(16-20)30-2)18-27-13-5-6-14-27;;/h7-10,15-16H,3-6,11-14,17-18H2,1-2H3;2*1H. The summed E-state index contributed by atoms with van der Waals surface area (Å²) in [6.45, 7) is 6.27. The Morgan fingerprint density at radius 1 is 0.719 bits per heavy atom. The van der Waals surface area contributed by atoms with Crippen LogP contribution in [0.4, 0.5) is 0 Å². The summed E-state index contributed by atoms with van der Waals surface area (Å²) in [4.78, 5) is 18.0. The Morgan fingerprint density at radius 2 is 1.09 bits per heavy atom. The van der Waals surface area contributed by atoms with Gasteiger partial charge in [-0.1, -0.05) is 24.3 Å². The van der Waals surface area contributed by atoms with Gasteiger partial charge in [0.25, 0.3) is 0 Å². The van der Waals surface area contributed by atoms with E-state index in [0.717, 1.165) is 61.9 Å². The predicted molar refractivity (Wildman–Crippen MR) is 133 cm³/mol. The first-order chi connectivity index (χ1) is 14.7. The van der Waals surface area contributed by atoms with Crippen LogP contribution in [-0.2, 0) is 13.1 Å². The molecule has 2 fully saturated rings. The maximum Gasteiger partial charge on any atom is 0.193 e. The van der Waals surface area contributed by atoms with Gasteiger partial charge in [-0.05, 0) is 64.0 Å². The van der Waals surface area contributed by atoms with Gasteiger partial charge in [-0.2, -0.15) is 0 Å². The van der Waals surface area contributed by atoms with Gasteiger partial charge < -0.3 is 9.47 Å². The summed E-state index contributed by atoms with van der Waals surface area (Å²) in [5, 5.41) is 0. The maximum absolute atomic E-state index is 13.2. The Bertz CT molecular complexity index is 823. The first-order valence-corrected chi connectivity index (χ1v) is 11.0. The molecule has 32 heavy (non-hydrogen) atoms. The molecule has 0 amide bonds. The summed E-state index contributed by atoms with van der Waals surface area (Å²) in [7, 11) is 3.35. The van der Waals surface area contributed by atoms with Gasteiger partial charge >= 0.3 is 0 Å². The molecule has 0 spiro atoms. The minimum atomic E-state index is -0.00737. The van der Waals surface area contributed by atoms with Gasteiger partial charge in [-0.3, -0.25) is 14.6 Å². The van der Waals surface area contributed by atoms with Crippen molar-refractivity contribution in [2.24, 2.45) is 0 Å². The topological polar surface area (TPSA) is 42.0 Å². The average molecular weight is 481 g/mol. The molecule has 4 rings (SSSR count). The fourth-order valence-electron chi connectivity index (χ4n) is 4.56. The largest absolute Gasteiger partial charge is 0.496 e. The van der Waals surface area contributed by atoms with E-state index in [-0.39, 0.29) is 30.6 Å². The van der Waals surface area contributed by atoms with Crippen molar-refractivity contribution in [2.75, 3.05) is 40.4 Å². The van der Waals surface area contributed by atoms with Gasteiger partial charge in [0.1, 0.15) is 11.5 Å². The molecule has 2 heterocycles. The number of hydrogen-bond acceptors (Lipinski definition) is 5. The molecule has 0 N–H and O–H groups in total. The number of ether oxygens (including phenoxy) is 2. The van der Waals surface area contributed by atoms with E-state index in [1.807, 2.05) is 36.4 Å². The van der Waals surface area contributed by atoms with Gasteiger partial charge in [-0.15, -0.1) is 24.8 Å². The van der Waals surface area contributed by atoms with E-state index < -0.39 is 0 Å². The van der Waals surface area contributed by atoms with E-state index in [9.17, 15) is 4.79 Å². The molecule has 176 valence electrons. The molecular formula is C25H34Cl2N2O3. The van der Waals surface area contributed by atoms with Gasteiger partial charge in [0.15, 0.2) is 5.78 Å². The van der Waals surface area contributed by atoms with Crippen LogP contribution >= 0.6 is 24.8 Å². The van der Waals surface area contributed by atoms with Crippen molar-refractivity contribution in [3.05, 3.63) is 58.7 Å². The number of halogens is 2. The monoisotopic (exact) mass is 480 g/mol. The minimum Gasteiger partial charge on any atom is -0.496 e. The van der Waals surface area contributed by atoms with Crippen molar-refractivity contribution in [1.82, 2.24) is 9.80 Å². The highest BCUT2D eigenvalue weighted by atomic mass is 35.5. The zero-order valence-corrected chi connectivity index (χ0v) is 20.6. The Hall–Kier alpha value is -1.79. The minimum absolute atomic E-state index is 0. The molecule has 0 radical (unpaired) electrons. The summed E-state index contributed by atoms with van der Waals surface area (Å²) < 4.78 is 11.2. The number of likely N-dealkylation sites (tertiary alicyclic amines) is 2. The SMILES string of the molecule is COc1cc(C(=O)c2ccc(CN3CCCC3)c(OC)c2)ccc1CN1CCCC1.Cl.Cl. The zero-order chi connectivity index (χ0) is 20.9. The number of methoxy groups -OCH3 is 2. The van der Waals surface area contributed by atoms with E-state index in [1.54, 1.807) is 14.2 Å². The molecule has 0 unspecified atom stereocenters. The quantitative estimate of drug-likeness (QED) is 0.498. The summed E-state index contributed by atoms with van der Waals surface area (Å²) in [5.74, 6) is 1.56. The van der Waals surface area contributed by atoms with E-state index in [1.165, 1.54) is 25.7 Å². The van der Waals surface area contributed by atoms with E-state index >= 15 is 0 Å². The number of benzene rings is 2. The van der Waals surface area contributed by atoms with Crippen molar-refractivity contribution in [3.8, 4) is 11.5 Å². The van der Waals surface area contributed by atoms with Crippen LogP contribution in [0.3, 0.4) is 0 Å². The molecule has 0 bridgehead atoms. The Labute approximate surface area is 203 Å². The van der Waals surface area contributed by atoms with Crippen molar-refractivity contribution >= 4 is 30.6 Å². The Morgan fingerprint density at radius 3 is 1.44 bits per heavy atom. The summed E-state index contributed by atoms with van der Waals surface area (Å²) in [5.41, 5.74) is 3.56. The second-order valence-corrected chi connectivity index (χ2v) is 8.35. The second kappa shape index (κ2) is 12.4. The third-order valence-corrected chi connectivity index (χ3v) is 6.28. The van der Waals surface area contributed by atoms with Crippen LogP contribution in [0, 0.1) is 0 Å². The van der Waals surface area contributed by atoms with Crippen LogP contribution in [0.15, 0.2) is 36.4 Å². The van der Waals surface area contributed by atoms with E-state index in [4.69, 9.17) is 9.47 Å². The van der Waals surface area contributed by atoms with Crippen molar-refractivity contribution in [2.45, 2.75) is 38.8 Å². The van der Waals surface area contributed by atoms with Crippen LogP contribution in [0.25, 0.3) is 0 Å². The lowest BCUT2D eigenvalue weighted by Gasteiger charge is -2.18. The molecule has 2 aliphatic rings. The number of nitrogens with zero attached hydrogens (tertiary/aromatic N) is 2. The zero-order valence-electron chi connectivity index (χ0n) is 19.0. The third kappa shape index (κ3) is 6.16. The van der Waals surface area contributed by atoms with Gasteiger partial charge in [0.2, 0.25) is 0 Å². The lowest BCUT2D eigenvalue weighted by atomic mass is 9.99. The summed E-state index contributed by atoms with van der Waals surface area (Å²) in [6.07, 6.45) is 5.03. The average Bonchev–Trinajstić information content (AvgIpc) is 3.48. The van der Waals surface area contributed by atoms with E-state index in [0.29, 0.717) is 11.1 Å². The maximum atomic E-state index is 13.2. The predicted octanol–water partition coefficient (Wildman–Crippen LogP) is 4.97. The Balaban J connectivity index is 0.00000181. The number of ketones is 1. The fraction of sp³-hybridized carbons (Fsp3) is 0.480. The number of carbonyl (C=O) groups excluding carboxylic acids is 1. The molecule has 0 atom stereocenters. The fourth-order valence-corrected chi connectivity index (χ4v) is 4.56. The highest BCUT2D eigenvalue weighted by Gasteiger charge is 2.19. The summed E-state index contributed by atoms with van der Waals surface area (Å²) in [6, 6.07) is 11.6. The van der Waals surface area contributed by atoms with Crippen LogP contribution in [0.5, 0.6) is 11.5 Å². The summed E-state index contributed by atoms with van der Waals surface area (Å²) >= 11 is 0. The van der Waals surface area contributed by atoms with Gasteiger partial charge in [0.05, 0.1) is 14.2 Å². The molecule has 2 aromatic rings. The highest BCUT2D eigenvalue weighted by Crippen LogP contribution is 2.28. The third-order valence-electron chi connectivity index (χ3n) is 6.28. The number of rotatable bonds is 8. The van der Waals surface area contributed by atoms with Crippen LogP contribution in [0.2, 0.25) is 0 Å². The lowest BCUT2D eigenvalue weighted by molar-refractivity contribution is 0.103. The first-order valence-electron chi connectivity index (χ1n) is 11.0. The number of carbonyl (C=O) groups is 1. The van der Waals surface area contributed by atoms with Crippen molar-refractivity contribution < 1.29 is 14.3 Å². The number of hydrogen-bond donors (Lipinski definition) is 0. The second-order valence-electron chi connectivity index (χ2n) is 8.35. The molecule has 0 aromatic heterocycles. The lowest BCUT2D eigenvalue weighted by Crippen LogP contribution is -2.19. The molecule has 2 aliphatic heterocycles. The van der Waals surface area contributed by atoms with Gasteiger partial charge in [-0.25, -0.2) is 0 Å². The van der Waals surface area contributed by atoms with Crippen molar-refractivity contribution in [1.29, 1.82) is 0 Å². The van der Waals surface area contributed by atoms with Crippen LogP contribution < -0.4 is 9.47 Å². The molecule has 2 aromatic carbocycles. The van der Waals surface area contributed by atoms with Crippen molar-refractivity contribution in [3.63, 3.8) is 0 Å². The molecule has 0 aliphatic carbocycles.